The first-order chi connectivity index (χ1) is 11.6. The minimum absolute atomic E-state index is 0.147. The SMILES string of the molecule is CCC(=O)N1CCCC1c1cc(Cc2cccc(C)c2)cc(C)n1. The van der Waals surface area contributed by atoms with E-state index < -0.39 is 0 Å². The number of carbonyl (C=O) groups is 1. The summed E-state index contributed by atoms with van der Waals surface area (Å²) in [6.45, 7) is 6.97. The van der Waals surface area contributed by atoms with Crippen LogP contribution < -0.4 is 0 Å². The van der Waals surface area contributed by atoms with Crippen molar-refractivity contribution in [2.24, 2.45) is 0 Å². The van der Waals surface area contributed by atoms with E-state index in [9.17, 15) is 4.79 Å². The van der Waals surface area contributed by atoms with Crippen molar-refractivity contribution in [2.75, 3.05) is 6.54 Å². The number of rotatable bonds is 4. The van der Waals surface area contributed by atoms with E-state index in [1.807, 2.05) is 18.7 Å². The predicted molar refractivity (Wildman–Crippen MR) is 96.9 cm³/mol. The minimum atomic E-state index is 0.147. The molecule has 1 aromatic carbocycles. The normalized spacial score (nSPS) is 17.3. The fraction of sp³-hybridized carbons (Fsp3) is 0.429. The lowest BCUT2D eigenvalue weighted by molar-refractivity contribution is -0.131. The Hall–Kier alpha value is -2.16. The average Bonchev–Trinajstić information content (AvgIpc) is 3.03. The number of amides is 1. The minimum Gasteiger partial charge on any atom is -0.334 e. The highest BCUT2D eigenvalue weighted by atomic mass is 16.2. The second kappa shape index (κ2) is 7.16. The lowest BCUT2D eigenvalue weighted by Crippen LogP contribution is -2.30. The standard InChI is InChI=1S/C21H26N2O/c1-4-21(24)23-10-6-9-20(23)19-14-18(12-16(3)22-19)13-17-8-5-7-15(2)11-17/h5,7-8,11-12,14,20H,4,6,9-10,13H2,1-3H3. The Balaban J connectivity index is 1.87. The summed E-state index contributed by atoms with van der Waals surface area (Å²) in [6, 6.07) is 13.1. The molecule has 3 nitrogen and oxygen atoms in total. The van der Waals surface area contributed by atoms with Crippen molar-refractivity contribution in [2.45, 2.75) is 52.5 Å². The van der Waals surface area contributed by atoms with Crippen LogP contribution in [0.4, 0.5) is 0 Å². The molecule has 1 unspecified atom stereocenters. The van der Waals surface area contributed by atoms with Crippen LogP contribution in [-0.2, 0) is 11.2 Å². The fourth-order valence-electron chi connectivity index (χ4n) is 3.67. The summed E-state index contributed by atoms with van der Waals surface area (Å²) in [5.41, 5.74) is 5.97. The number of pyridine rings is 1. The van der Waals surface area contributed by atoms with Gasteiger partial charge in [0.05, 0.1) is 11.7 Å². The van der Waals surface area contributed by atoms with Gasteiger partial charge in [0.25, 0.3) is 0 Å². The van der Waals surface area contributed by atoms with E-state index in [2.05, 4.69) is 43.3 Å². The van der Waals surface area contributed by atoms with Gasteiger partial charge in [-0.3, -0.25) is 9.78 Å². The molecule has 3 heteroatoms. The second-order valence-electron chi connectivity index (χ2n) is 6.81. The van der Waals surface area contributed by atoms with Crippen LogP contribution in [0.1, 0.15) is 60.3 Å². The Morgan fingerprint density at radius 3 is 2.79 bits per heavy atom. The van der Waals surface area contributed by atoms with Crippen LogP contribution in [0.5, 0.6) is 0 Å². The maximum Gasteiger partial charge on any atom is 0.222 e. The third-order valence-corrected chi connectivity index (χ3v) is 4.74. The van der Waals surface area contributed by atoms with Gasteiger partial charge in [-0.15, -0.1) is 0 Å². The van der Waals surface area contributed by atoms with Crippen molar-refractivity contribution < 1.29 is 4.79 Å². The number of hydrogen-bond donors (Lipinski definition) is 0. The highest BCUT2D eigenvalue weighted by Gasteiger charge is 2.30. The number of hydrogen-bond acceptors (Lipinski definition) is 2. The van der Waals surface area contributed by atoms with Gasteiger partial charge in [0, 0.05) is 18.7 Å². The van der Waals surface area contributed by atoms with Gasteiger partial charge in [0.1, 0.15) is 0 Å². The summed E-state index contributed by atoms with van der Waals surface area (Å²) in [5.74, 6) is 0.237. The zero-order chi connectivity index (χ0) is 17.1. The molecule has 1 atom stereocenters. The molecule has 1 aliphatic heterocycles. The zero-order valence-electron chi connectivity index (χ0n) is 14.9. The Bertz CT molecular complexity index is 738. The van der Waals surface area contributed by atoms with Gasteiger partial charge in [-0.05, 0) is 56.4 Å². The molecule has 1 aromatic heterocycles. The van der Waals surface area contributed by atoms with Crippen LogP contribution in [-0.4, -0.2) is 22.3 Å². The Morgan fingerprint density at radius 2 is 2.04 bits per heavy atom. The van der Waals surface area contributed by atoms with Gasteiger partial charge < -0.3 is 4.90 Å². The topological polar surface area (TPSA) is 33.2 Å². The fourth-order valence-corrected chi connectivity index (χ4v) is 3.67. The van der Waals surface area contributed by atoms with E-state index in [0.717, 1.165) is 37.2 Å². The molecule has 1 fully saturated rings. The molecular formula is C21H26N2O. The number of carbonyl (C=O) groups excluding carboxylic acids is 1. The molecule has 0 N–H and O–H groups in total. The highest BCUT2D eigenvalue weighted by molar-refractivity contribution is 5.76. The van der Waals surface area contributed by atoms with Crippen LogP contribution >= 0.6 is 0 Å². The highest BCUT2D eigenvalue weighted by Crippen LogP contribution is 2.32. The maximum absolute atomic E-state index is 12.2. The molecule has 2 aromatic rings. The lowest BCUT2D eigenvalue weighted by Gasteiger charge is -2.24. The molecule has 0 spiro atoms. The summed E-state index contributed by atoms with van der Waals surface area (Å²) in [4.78, 5) is 19.0. The molecule has 126 valence electrons. The van der Waals surface area contributed by atoms with Gasteiger partial charge in [0.2, 0.25) is 5.91 Å². The van der Waals surface area contributed by atoms with E-state index in [0.29, 0.717) is 6.42 Å². The van der Waals surface area contributed by atoms with E-state index in [4.69, 9.17) is 4.98 Å². The molecular weight excluding hydrogens is 296 g/mol. The Kier molecular flexibility index (Phi) is 4.98. The van der Waals surface area contributed by atoms with Gasteiger partial charge in [-0.1, -0.05) is 36.8 Å². The molecule has 1 saturated heterocycles. The summed E-state index contributed by atoms with van der Waals surface area (Å²) in [7, 11) is 0. The number of benzene rings is 1. The lowest BCUT2D eigenvalue weighted by atomic mass is 10.0. The zero-order valence-corrected chi connectivity index (χ0v) is 14.9. The molecule has 0 aliphatic carbocycles. The van der Waals surface area contributed by atoms with Crippen molar-refractivity contribution in [3.8, 4) is 0 Å². The molecule has 1 aliphatic rings. The van der Waals surface area contributed by atoms with Gasteiger partial charge in [0.15, 0.2) is 0 Å². The summed E-state index contributed by atoms with van der Waals surface area (Å²) in [6.07, 6.45) is 3.57. The largest absolute Gasteiger partial charge is 0.334 e. The molecule has 3 rings (SSSR count). The number of likely N-dealkylation sites (tertiary alicyclic amines) is 1. The third kappa shape index (κ3) is 3.66. The van der Waals surface area contributed by atoms with E-state index in [1.54, 1.807) is 0 Å². The van der Waals surface area contributed by atoms with Crippen LogP contribution in [0.25, 0.3) is 0 Å². The number of aryl methyl sites for hydroxylation is 2. The van der Waals surface area contributed by atoms with Crippen molar-refractivity contribution in [3.05, 3.63) is 64.5 Å². The van der Waals surface area contributed by atoms with E-state index in [1.165, 1.54) is 16.7 Å². The van der Waals surface area contributed by atoms with Crippen molar-refractivity contribution >= 4 is 5.91 Å². The number of aromatic nitrogens is 1. The predicted octanol–water partition coefficient (Wildman–Crippen LogP) is 4.36. The van der Waals surface area contributed by atoms with Crippen molar-refractivity contribution in [3.63, 3.8) is 0 Å². The number of nitrogens with zero attached hydrogens (tertiary/aromatic N) is 2. The summed E-state index contributed by atoms with van der Waals surface area (Å²) in [5, 5.41) is 0. The quantitative estimate of drug-likeness (QED) is 0.838. The van der Waals surface area contributed by atoms with Crippen molar-refractivity contribution in [1.29, 1.82) is 0 Å². The molecule has 0 bridgehead atoms. The van der Waals surface area contributed by atoms with E-state index >= 15 is 0 Å². The van der Waals surface area contributed by atoms with Gasteiger partial charge in [-0.2, -0.15) is 0 Å². The summed E-state index contributed by atoms with van der Waals surface area (Å²) >= 11 is 0. The van der Waals surface area contributed by atoms with Crippen LogP contribution in [0.2, 0.25) is 0 Å². The average molecular weight is 322 g/mol. The smallest absolute Gasteiger partial charge is 0.222 e. The Morgan fingerprint density at radius 1 is 1.21 bits per heavy atom. The first-order valence-corrected chi connectivity index (χ1v) is 8.89. The first-order valence-electron chi connectivity index (χ1n) is 8.89. The molecule has 0 saturated carbocycles. The van der Waals surface area contributed by atoms with Crippen LogP contribution in [0.15, 0.2) is 36.4 Å². The summed E-state index contributed by atoms with van der Waals surface area (Å²) < 4.78 is 0. The molecule has 1 amide bonds. The molecule has 0 radical (unpaired) electrons. The molecule has 24 heavy (non-hydrogen) atoms. The van der Waals surface area contributed by atoms with Crippen molar-refractivity contribution in [1.82, 2.24) is 9.88 Å². The van der Waals surface area contributed by atoms with Gasteiger partial charge >= 0.3 is 0 Å². The second-order valence-corrected chi connectivity index (χ2v) is 6.81. The van der Waals surface area contributed by atoms with Gasteiger partial charge in [-0.25, -0.2) is 0 Å². The van der Waals surface area contributed by atoms with Crippen LogP contribution in [0, 0.1) is 13.8 Å². The van der Waals surface area contributed by atoms with Crippen LogP contribution in [0.3, 0.4) is 0 Å². The first kappa shape index (κ1) is 16.7. The Labute approximate surface area is 144 Å². The monoisotopic (exact) mass is 322 g/mol. The molecule has 2 heterocycles. The third-order valence-electron chi connectivity index (χ3n) is 4.74. The van der Waals surface area contributed by atoms with E-state index in [-0.39, 0.29) is 11.9 Å². The maximum atomic E-state index is 12.2.